The molecule has 1 aromatic carbocycles. The number of nitrogens with one attached hydrogen (secondary N) is 2. The van der Waals surface area contributed by atoms with E-state index in [4.69, 9.17) is 0 Å². The summed E-state index contributed by atoms with van der Waals surface area (Å²) in [6.07, 6.45) is 3.06. The summed E-state index contributed by atoms with van der Waals surface area (Å²) >= 11 is 0. The molecule has 1 heterocycles. The lowest BCUT2D eigenvalue weighted by Gasteiger charge is -2.13. The molecule has 0 aliphatic carbocycles. The highest BCUT2D eigenvalue weighted by molar-refractivity contribution is 7.92. The summed E-state index contributed by atoms with van der Waals surface area (Å²) in [5.74, 6) is 0. The van der Waals surface area contributed by atoms with Crippen molar-refractivity contribution in [3.8, 4) is 0 Å². The fourth-order valence-electron chi connectivity index (χ4n) is 2.00. The lowest BCUT2D eigenvalue weighted by molar-refractivity contribution is 0.594. The van der Waals surface area contributed by atoms with E-state index in [2.05, 4.69) is 15.0 Å². The molecule has 2 aromatic rings. The smallest absolute Gasteiger partial charge is 0.261 e. The Morgan fingerprint density at radius 2 is 1.90 bits per heavy atom. The molecule has 0 saturated carbocycles. The van der Waals surface area contributed by atoms with Crippen LogP contribution in [0.15, 0.2) is 53.7 Å². The molecule has 0 amide bonds. The van der Waals surface area contributed by atoms with E-state index in [1.807, 2.05) is 26.0 Å². The molecule has 5 nitrogen and oxygen atoms in total. The zero-order chi connectivity index (χ0) is 15.3. The Morgan fingerprint density at radius 1 is 1.19 bits per heavy atom. The molecule has 0 spiro atoms. The van der Waals surface area contributed by atoms with Gasteiger partial charge in [0.2, 0.25) is 0 Å². The molecular formula is C15H19N3O2S. The minimum atomic E-state index is -3.58. The zero-order valence-corrected chi connectivity index (χ0v) is 12.9. The van der Waals surface area contributed by atoms with Crippen LogP contribution >= 0.6 is 0 Å². The second kappa shape index (κ2) is 6.69. The van der Waals surface area contributed by atoms with Crippen LogP contribution in [0.4, 0.5) is 5.69 Å². The topological polar surface area (TPSA) is 71.1 Å². The monoisotopic (exact) mass is 305 g/mol. The predicted molar refractivity (Wildman–Crippen MR) is 83.6 cm³/mol. The lowest BCUT2D eigenvalue weighted by Crippen LogP contribution is -2.18. The summed E-state index contributed by atoms with van der Waals surface area (Å²) in [5, 5.41) is 3.29. The van der Waals surface area contributed by atoms with Crippen molar-refractivity contribution < 1.29 is 8.42 Å². The van der Waals surface area contributed by atoms with Gasteiger partial charge in [0, 0.05) is 12.2 Å². The number of rotatable bonds is 6. The van der Waals surface area contributed by atoms with Gasteiger partial charge in [0.1, 0.15) is 0 Å². The van der Waals surface area contributed by atoms with Gasteiger partial charge in [-0.1, -0.05) is 19.1 Å². The van der Waals surface area contributed by atoms with Gasteiger partial charge in [-0.3, -0.25) is 9.71 Å². The summed E-state index contributed by atoms with van der Waals surface area (Å²) in [6, 6.07) is 10.4. The second-order valence-corrected chi connectivity index (χ2v) is 6.38. The van der Waals surface area contributed by atoms with Crippen molar-refractivity contribution in [1.29, 1.82) is 0 Å². The average Bonchev–Trinajstić information content (AvgIpc) is 2.48. The van der Waals surface area contributed by atoms with Crippen LogP contribution in [0.25, 0.3) is 0 Å². The van der Waals surface area contributed by atoms with Gasteiger partial charge in [-0.25, -0.2) is 8.42 Å². The van der Waals surface area contributed by atoms with Gasteiger partial charge in [0.05, 0.1) is 16.8 Å². The van der Waals surface area contributed by atoms with Gasteiger partial charge in [0.25, 0.3) is 10.0 Å². The lowest BCUT2D eigenvalue weighted by atomic mass is 10.1. The van der Waals surface area contributed by atoms with E-state index in [1.54, 1.807) is 30.5 Å². The first-order valence-corrected chi connectivity index (χ1v) is 8.27. The Labute approximate surface area is 125 Å². The summed E-state index contributed by atoms with van der Waals surface area (Å²) < 4.78 is 27.0. The molecule has 0 aliphatic heterocycles. The Kier molecular flexibility index (Phi) is 4.93. The number of pyridine rings is 1. The van der Waals surface area contributed by atoms with Crippen LogP contribution in [0.5, 0.6) is 0 Å². The molecule has 0 fully saturated rings. The van der Waals surface area contributed by atoms with E-state index in [9.17, 15) is 8.42 Å². The minimum absolute atomic E-state index is 0.193. The number of anilines is 1. The van der Waals surface area contributed by atoms with Crippen LogP contribution in [0.3, 0.4) is 0 Å². The zero-order valence-electron chi connectivity index (χ0n) is 12.1. The summed E-state index contributed by atoms with van der Waals surface area (Å²) in [6.45, 7) is 4.94. The van der Waals surface area contributed by atoms with E-state index >= 15 is 0 Å². The van der Waals surface area contributed by atoms with E-state index < -0.39 is 10.0 Å². The van der Waals surface area contributed by atoms with Gasteiger partial charge in [0.15, 0.2) is 0 Å². The van der Waals surface area contributed by atoms with Crippen LogP contribution in [-0.2, 0) is 10.0 Å². The normalized spacial score (nSPS) is 12.9. The first-order valence-electron chi connectivity index (χ1n) is 6.79. The molecule has 2 rings (SSSR count). The van der Waals surface area contributed by atoms with Gasteiger partial charge < -0.3 is 5.32 Å². The number of hydrogen-bond acceptors (Lipinski definition) is 4. The maximum atomic E-state index is 12.3. The van der Waals surface area contributed by atoms with Crippen LogP contribution in [-0.4, -0.2) is 19.9 Å². The van der Waals surface area contributed by atoms with Gasteiger partial charge in [-0.2, -0.15) is 0 Å². The fraction of sp³-hybridized carbons (Fsp3) is 0.267. The predicted octanol–water partition coefficient (Wildman–Crippen LogP) is 2.55. The summed E-state index contributed by atoms with van der Waals surface area (Å²) in [4.78, 5) is 4.12. The quantitative estimate of drug-likeness (QED) is 0.860. The molecule has 0 radical (unpaired) electrons. The Morgan fingerprint density at radius 3 is 2.48 bits per heavy atom. The van der Waals surface area contributed by atoms with Gasteiger partial charge in [-0.15, -0.1) is 0 Å². The number of aromatic nitrogens is 1. The standard InChI is InChI=1S/C15H19N3O2S/c1-3-17-12(2)13-6-8-15(9-7-13)21(19,20)18-14-5-4-10-16-11-14/h4-12,17-18H,3H2,1-2H3. The molecule has 1 aromatic heterocycles. The van der Waals surface area contributed by atoms with Crippen molar-refractivity contribution >= 4 is 15.7 Å². The highest BCUT2D eigenvalue weighted by atomic mass is 32.2. The molecule has 0 saturated heterocycles. The van der Waals surface area contributed by atoms with Crippen LogP contribution < -0.4 is 10.0 Å². The molecule has 0 aliphatic rings. The molecule has 2 N–H and O–H groups in total. The van der Waals surface area contributed by atoms with Crippen molar-refractivity contribution in [3.05, 3.63) is 54.4 Å². The summed E-state index contributed by atoms with van der Waals surface area (Å²) in [7, 11) is -3.58. The first-order chi connectivity index (χ1) is 10.0. The van der Waals surface area contributed by atoms with E-state index in [0.29, 0.717) is 5.69 Å². The number of hydrogen-bond donors (Lipinski definition) is 2. The highest BCUT2D eigenvalue weighted by Gasteiger charge is 2.14. The van der Waals surface area contributed by atoms with Crippen LogP contribution in [0.2, 0.25) is 0 Å². The third-order valence-corrected chi connectivity index (χ3v) is 4.51. The Bertz CT molecular complexity index is 670. The van der Waals surface area contributed by atoms with Crippen molar-refractivity contribution in [2.75, 3.05) is 11.3 Å². The van der Waals surface area contributed by atoms with Gasteiger partial charge in [-0.05, 0) is 43.3 Å². The Balaban J connectivity index is 2.17. The van der Waals surface area contributed by atoms with E-state index in [0.717, 1.165) is 12.1 Å². The average molecular weight is 305 g/mol. The van der Waals surface area contributed by atoms with Crippen molar-refractivity contribution in [2.24, 2.45) is 0 Å². The number of nitrogens with zero attached hydrogens (tertiary/aromatic N) is 1. The highest BCUT2D eigenvalue weighted by Crippen LogP contribution is 2.18. The van der Waals surface area contributed by atoms with Crippen LogP contribution in [0, 0.1) is 0 Å². The third kappa shape index (κ3) is 4.03. The maximum Gasteiger partial charge on any atom is 0.261 e. The molecular weight excluding hydrogens is 286 g/mol. The fourth-order valence-corrected chi connectivity index (χ4v) is 3.04. The third-order valence-electron chi connectivity index (χ3n) is 3.11. The summed E-state index contributed by atoms with van der Waals surface area (Å²) in [5.41, 5.74) is 1.50. The second-order valence-electron chi connectivity index (χ2n) is 4.70. The molecule has 6 heteroatoms. The van der Waals surface area contributed by atoms with Crippen molar-refractivity contribution in [3.63, 3.8) is 0 Å². The maximum absolute atomic E-state index is 12.3. The minimum Gasteiger partial charge on any atom is -0.310 e. The largest absolute Gasteiger partial charge is 0.310 e. The van der Waals surface area contributed by atoms with Crippen LogP contribution in [0.1, 0.15) is 25.5 Å². The number of benzene rings is 1. The molecule has 112 valence electrons. The SMILES string of the molecule is CCNC(C)c1ccc(S(=O)(=O)Nc2cccnc2)cc1. The first kappa shape index (κ1) is 15.5. The van der Waals surface area contributed by atoms with Gasteiger partial charge >= 0.3 is 0 Å². The number of sulfonamides is 1. The Hall–Kier alpha value is -1.92. The van der Waals surface area contributed by atoms with Crippen molar-refractivity contribution in [1.82, 2.24) is 10.3 Å². The van der Waals surface area contributed by atoms with Crippen molar-refractivity contribution in [2.45, 2.75) is 24.8 Å². The van der Waals surface area contributed by atoms with E-state index in [1.165, 1.54) is 6.20 Å². The molecule has 21 heavy (non-hydrogen) atoms. The molecule has 1 atom stereocenters. The molecule has 0 bridgehead atoms. The van der Waals surface area contributed by atoms with E-state index in [-0.39, 0.29) is 10.9 Å². The molecule has 1 unspecified atom stereocenters.